The second-order valence-electron chi connectivity index (χ2n) is 3.11. The summed E-state index contributed by atoms with van der Waals surface area (Å²) < 4.78 is 6.38. The Bertz CT molecular complexity index is 313. The molecule has 0 saturated heterocycles. The average Bonchev–Trinajstić information content (AvgIpc) is 2.46. The lowest BCUT2D eigenvalue weighted by Crippen LogP contribution is -2.19. The van der Waals surface area contributed by atoms with Crippen LogP contribution in [0.15, 0.2) is 6.20 Å². The number of hydrogen-bond donors (Lipinski definition) is 1. The maximum Gasteiger partial charge on any atom is 0.330 e. The molecule has 14 heavy (non-hydrogen) atoms. The van der Waals surface area contributed by atoms with Crippen molar-refractivity contribution in [3.63, 3.8) is 0 Å². The van der Waals surface area contributed by atoms with Crippen molar-refractivity contribution >= 4 is 11.8 Å². The largest absolute Gasteiger partial charge is 0.464 e. The summed E-state index contributed by atoms with van der Waals surface area (Å²) in [4.78, 5) is 11.3. The Kier molecular flexibility index (Phi) is 3.11. The fourth-order valence-electron chi connectivity index (χ4n) is 1.07. The summed E-state index contributed by atoms with van der Waals surface area (Å²) >= 11 is 0. The van der Waals surface area contributed by atoms with Gasteiger partial charge in [-0.1, -0.05) is 0 Å². The van der Waals surface area contributed by atoms with Crippen molar-refractivity contribution in [1.82, 2.24) is 9.78 Å². The number of hydrogen-bond acceptors (Lipinski definition) is 4. The van der Waals surface area contributed by atoms with Gasteiger partial charge in [0.2, 0.25) is 0 Å². The molecular formula is C9H15N3O2. The van der Waals surface area contributed by atoms with Gasteiger partial charge in [-0.3, -0.25) is 4.68 Å². The van der Waals surface area contributed by atoms with E-state index in [-0.39, 0.29) is 5.97 Å². The smallest absolute Gasteiger partial charge is 0.330 e. The molecule has 1 aromatic heterocycles. The van der Waals surface area contributed by atoms with Crippen LogP contribution in [0.2, 0.25) is 0 Å². The number of rotatable bonds is 3. The van der Waals surface area contributed by atoms with E-state index in [9.17, 15) is 4.79 Å². The summed E-state index contributed by atoms with van der Waals surface area (Å²) in [6.07, 6.45) is 1.73. The van der Waals surface area contributed by atoms with Gasteiger partial charge in [0, 0.05) is 11.8 Å². The van der Waals surface area contributed by atoms with E-state index in [1.807, 2.05) is 6.92 Å². The number of ether oxygens (including phenoxy) is 1. The van der Waals surface area contributed by atoms with Gasteiger partial charge in [0.25, 0.3) is 0 Å². The fraction of sp³-hybridized carbons (Fsp3) is 0.556. The summed E-state index contributed by atoms with van der Waals surface area (Å²) in [6, 6.07) is -0.425. The van der Waals surface area contributed by atoms with E-state index < -0.39 is 6.04 Å². The van der Waals surface area contributed by atoms with Gasteiger partial charge in [0.05, 0.1) is 6.61 Å². The molecule has 0 spiro atoms. The molecule has 0 saturated carbocycles. The van der Waals surface area contributed by atoms with Crippen LogP contribution in [0.1, 0.15) is 25.5 Å². The molecule has 5 heteroatoms. The summed E-state index contributed by atoms with van der Waals surface area (Å²) in [5, 5.41) is 4.01. The first-order valence-electron chi connectivity index (χ1n) is 4.54. The highest BCUT2D eigenvalue weighted by Gasteiger charge is 2.17. The number of carbonyl (C=O) groups excluding carboxylic acids is 1. The van der Waals surface area contributed by atoms with E-state index in [1.54, 1.807) is 20.0 Å². The third kappa shape index (κ3) is 2.04. The molecule has 1 atom stereocenters. The number of carbonyl (C=O) groups is 1. The number of esters is 1. The SMILES string of the molecule is CCOC(=O)C(C)n1cc(C)c(N)n1. The predicted molar refractivity (Wildman–Crippen MR) is 52.7 cm³/mol. The minimum atomic E-state index is -0.425. The number of anilines is 1. The molecule has 5 nitrogen and oxygen atoms in total. The quantitative estimate of drug-likeness (QED) is 0.731. The van der Waals surface area contributed by atoms with E-state index in [2.05, 4.69) is 5.10 Å². The second-order valence-corrected chi connectivity index (χ2v) is 3.11. The van der Waals surface area contributed by atoms with Crippen molar-refractivity contribution in [2.24, 2.45) is 0 Å². The lowest BCUT2D eigenvalue weighted by molar-refractivity contribution is -0.146. The van der Waals surface area contributed by atoms with Crippen molar-refractivity contribution in [2.45, 2.75) is 26.8 Å². The maximum atomic E-state index is 11.3. The van der Waals surface area contributed by atoms with E-state index >= 15 is 0 Å². The Labute approximate surface area is 82.8 Å². The van der Waals surface area contributed by atoms with Gasteiger partial charge in [0.1, 0.15) is 11.9 Å². The van der Waals surface area contributed by atoms with Crippen LogP contribution in [-0.2, 0) is 9.53 Å². The van der Waals surface area contributed by atoms with Gasteiger partial charge in [-0.05, 0) is 20.8 Å². The number of nitrogens with zero attached hydrogens (tertiary/aromatic N) is 2. The average molecular weight is 197 g/mol. The third-order valence-corrected chi connectivity index (χ3v) is 1.98. The molecule has 0 aliphatic heterocycles. The number of aromatic nitrogens is 2. The predicted octanol–water partition coefficient (Wildman–Crippen LogP) is 0.898. The zero-order chi connectivity index (χ0) is 10.7. The normalized spacial score (nSPS) is 12.5. The van der Waals surface area contributed by atoms with Gasteiger partial charge in [0.15, 0.2) is 0 Å². The van der Waals surface area contributed by atoms with Gasteiger partial charge in [-0.2, -0.15) is 5.10 Å². The highest BCUT2D eigenvalue weighted by molar-refractivity contribution is 5.73. The Balaban J connectivity index is 2.78. The Morgan fingerprint density at radius 3 is 2.86 bits per heavy atom. The molecule has 0 fully saturated rings. The summed E-state index contributed by atoms with van der Waals surface area (Å²) in [6.45, 7) is 5.72. The molecule has 1 aromatic rings. The van der Waals surface area contributed by atoms with Crippen molar-refractivity contribution in [2.75, 3.05) is 12.3 Å². The van der Waals surface area contributed by atoms with Gasteiger partial charge >= 0.3 is 5.97 Å². The summed E-state index contributed by atoms with van der Waals surface area (Å²) in [5.41, 5.74) is 6.43. The van der Waals surface area contributed by atoms with Gasteiger partial charge < -0.3 is 10.5 Å². The van der Waals surface area contributed by atoms with Crippen LogP contribution < -0.4 is 5.73 Å². The molecule has 0 aliphatic carbocycles. The number of aryl methyl sites for hydroxylation is 1. The molecule has 1 heterocycles. The van der Waals surface area contributed by atoms with E-state index in [0.29, 0.717) is 12.4 Å². The van der Waals surface area contributed by atoms with Crippen LogP contribution in [0.4, 0.5) is 5.82 Å². The summed E-state index contributed by atoms with van der Waals surface area (Å²) in [7, 11) is 0. The van der Waals surface area contributed by atoms with Crippen LogP contribution in [0.5, 0.6) is 0 Å². The number of nitrogens with two attached hydrogens (primary N) is 1. The first-order valence-corrected chi connectivity index (χ1v) is 4.54. The van der Waals surface area contributed by atoms with Crippen LogP contribution in [-0.4, -0.2) is 22.4 Å². The standard InChI is InChI=1S/C9H15N3O2/c1-4-14-9(13)7(3)12-5-6(2)8(10)11-12/h5,7H,4H2,1-3H3,(H2,10,11). The van der Waals surface area contributed by atoms with E-state index in [4.69, 9.17) is 10.5 Å². The Hall–Kier alpha value is -1.52. The summed E-state index contributed by atoms with van der Waals surface area (Å²) in [5.74, 6) is 0.149. The van der Waals surface area contributed by atoms with Crippen molar-refractivity contribution in [3.8, 4) is 0 Å². The monoisotopic (exact) mass is 197 g/mol. The zero-order valence-electron chi connectivity index (χ0n) is 8.65. The van der Waals surface area contributed by atoms with Crippen LogP contribution >= 0.6 is 0 Å². The Morgan fingerprint density at radius 1 is 1.79 bits per heavy atom. The molecule has 0 amide bonds. The maximum absolute atomic E-state index is 11.3. The fourth-order valence-corrected chi connectivity index (χ4v) is 1.07. The van der Waals surface area contributed by atoms with E-state index in [1.165, 1.54) is 4.68 Å². The lowest BCUT2D eigenvalue weighted by Gasteiger charge is -2.10. The minimum Gasteiger partial charge on any atom is -0.464 e. The van der Waals surface area contributed by atoms with Crippen molar-refractivity contribution < 1.29 is 9.53 Å². The Morgan fingerprint density at radius 2 is 2.43 bits per heavy atom. The second kappa shape index (κ2) is 4.13. The lowest BCUT2D eigenvalue weighted by atomic mass is 10.3. The van der Waals surface area contributed by atoms with Crippen LogP contribution in [0, 0.1) is 6.92 Å². The molecular weight excluding hydrogens is 182 g/mol. The van der Waals surface area contributed by atoms with Crippen LogP contribution in [0.3, 0.4) is 0 Å². The van der Waals surface area contributed by atoms with Gasteiger partial charge in [-0.15, -0.1) is 0 Å². The molecule has 0 aliphatic rings. The first-order chi connectivity index (χ1) is 6.56. The molecule has 2 N–H and O–H groups in total. The topological polar surface area (TPSA) is 70.1 Å². The highest BCUT2D eigenvalue weighted by atomic mass is 16.5. The molecule has 1 rings (SSSR count). The molecule has 0 bridgehead atoms. The number of nitrogen functional groups attached to an aromatic ring is 1. The van der Waals surface area contributed by atoms with Crippen molar-refractivity contribution in [3.05, 3.63) is 11.8 Å². The third-order valence-electron chi connectivity index (χ3n) is 1.98. The van der Waals surface area contributed by atoms with Crippen LogP contribution in [0.25, 0.3) is 0 Å². The molecule has 1 unspecified atom stereocenters. The molecule has 0 radical (unpaired) electrons. The molecule has 78 valence electrons. The first kappa shape index (κ1) is 10.6. The molecule has 0 aromatic carbocycles. The van der Waals surface area contributed by atoms with E-state index in [0.717, 1.165) is 5.56 Å². The zero-order valence-corrected chi connectivity index (χ0v) is 8.65. The van der Waals surface area contributed by atoms with Gasteiger partial charge in [-0.25, -0.2) is 4.79 Å². The highest BCUT2D eigenvalue weighted by Crippen LogP contribution is 2.12. The van der Waals surface area contributed by atoms with Crippen molar-refractivity contribution in [1.29, 1.82) is 0 Å². The minimum absolute atomic E-state index is 0.296.